The summed E-state index contributed by atoms with van der Waals surface area (Å²) in [4.78, 5) is 11.8. The van der Waals surface area contributed by atoms with Crippen LogP contribution in [0, 0.1) is 17.1 Å². The fourth-order valence-corrected chi connectivity index (χ4v) is 2.34. The normalized spacial score (nSPS) is 10.1. The van der Waals surface area contributed by atoms with Crippen LogP contribution in [0.15, 0.2) is 44.6 Å². The summed E-state index contributed by atoms with van der Waals surface area (Å²) in [5.41, 5.74) is -0.0796. The Hall–Kier alpha value is -2.06. The molecule has 0 saturated heterocycles. The van der Waals surface area contributed by atoms with Crippen molar-refractivity contribution in [2.24, 2.45) is 0 Å². The lowest BCUT2D eigenvalue weighted by atomic mass is 10.1. The quantitative estimate of drug-likeness (QED) is 0.780. The first-order chi connectivity index (χ1) is 8.69. The van der Waals surface area contributed by atoms with Crippen molar-refractivity contribution >= 4 is 11.8 Å². The van der Waals surface area contributed by atoms with Gasteiger partial charge in [0.05, 0.1) is 0 Å². The maximum atomic E-state index is 13.7. The number of hydrogen-bond donors (Lipinski definition) is 0. The molecule has 18 heavy (non-hydrogen) atoms. The molecular weight excluding hydrogens is 253 g/mol. The van der Waals surface area contributed by atoms with Gasteiger partial charge in [-0.05, 0) is 12.3 Å². The molecule has 0 aliphatic heterocycles. The molecule has 3 nitrogen and oxygen atoms in total. The van der Waals surface area contributed by atoms with Gasteiger partial charge >= 0.3 is 5.63 Å². The van der Waals surface area contributed by atoms with Crippen molar-refractivity contribution in [2.45, 2.75) is 4.90 Å². The highest BCUT2D eigenvalue weighted by Crippen LogP contribution is 2.32. The van der Waals surface area contributed by atoms with Crippen LogP contribution in [0.4, 0.5) is 4.39 Å². The summed E-state index contributed by atoms with van der Waals surface area (Å²) in [5, 5.41) is 8.95. The molecular formula is C13H8FNO2S. The largest absolute Gasteiger partial charge is 0.430 e. The summed E-state index contributed by atoms with van der Waals surface area (Å²) >= 11 is 1.22. The SMILES string of the molecule is CSc1c(-c2ccccc2F)coc(=O)c1C#N. The summed E-state index contributed by atoms with van der Waals surface area (Å²) < 4.78 is 18.5. The summed E-state index contributed by atoms with van der Waals surface area (Å²) in [6, 6.07) is 7.94. The lowest BCUT2D eigenvalue weighted by molar-refractivity contribution is 0.505. The highest BCUT2D eigenvalue weighted by Gasteiger charge is 2.16. The van der Waals surface area contributed by atoms with E-state index in [4.69, 9.17) is 9.68 Å². The van der Waals surface area contributed by atoms with Crippen LogP contribution in [-0.4, -0.2) is 6.26 Å². The molecule has 0 amide bonds. The van der Waals surface area contributed by atoms with Gasteiger partial charge in [0.2, 0.25) is 0 Å². The summed E-state index contributed by atoms with van der Waals surface area (Å²) in [5.74, 6) is -0.425. The van der Waals surface area contributed by atoms with Crippen LogP contribution < -0.4 is 5.63 Å². The molecule has 0 spiro atoms. The van der Waals surface area contributed by atoms with Gasteiger partial charge in [-0.1, -0.05) is 18.2 Å². The Balaban J connectivity index is 2.78. The molecule has 1 aromatic carbocycles. The third-order valence-electron chi connectivity index (χ3n) is 2.44. The van der Waals surface area contributed by atoms with Crippen molar-refractivity contribution in [1.82, 2.24) is 0 Å². The smallest absolute Gasteiger partial charge is 0.354 e. The van der Waals surface area contributed by atoms with Crippen molar-refractivity contribution in [3.8, 4) is 17.2 Å². The second-order valence-electron chi connectivity index (χ2n) is 3.44. The van der Waals surface area contributed by atoms with E-state index in [-0.39, 0.29) is 5.56 Å². The van der Waals surface area contributed by atoms with Crippen LogP contribution in [0.3, 0.4) is 0 Å². The second-order valence-corrected chi connectivity index (χ2v) is 4.25. The minimum absolute atomic E-state index is 0.0942. The van der Waals surface area contributed by atoms with Gasteiger partial charge in [-0.25, -0.2) is 9.18 Å². The first kappa shape index (κ1) is 12.4. The van der Waals surface area contributed by atoms with Crippen LogP contribution in [-0.2, 0) is 0 Å². The molecule has 0 unspecified atom stereocenters. The van der Waals surface area contributed by atoms with E-state index in [0.717, 1.165) is 0 Å². The molecule has 0 radical (unpaired) electrons. The number of nitrogens with zero attached hydrogens (tertiary/aromatic N) is 1. The third-order valence-corrected chi connectivity index (χ3v) is 3.27. The van der Waals surface area contributed by atoms with Crippen molar-refractivity contribution in [1.29, 1.82) is 5.26 Å². The van der Waals surface area contributed by atoms with Gasteiger partial charge in [0.25, 0.3) is 0 Å². The number of thioether (sulfide) groups is 1. The van der Waals surface area contributed by atoms with Gasteiger partial charge < -0.3 is 4.42 Å². The predicted molar refractivity (Wildman–Crippen MR) is 66.9 cm³/mol. The molecule has 90 valence electrons. The number of halogens is 1. The first-order valence-corrected chi connectivity index (χ1v) is 6.26. The molecule has 0 saturated carbocycles. The zero-order chi connectivity index (χ0) is 13.1. The van der Waals surface area contributed by atoms with Crippen molar-refractivity contribution in [2.75, 3.05) is 6.26 Å². The van der Waals surface area contributed by atoms with E-state index >= 15 is 0 Å². The predicted octanol–water partition coefficient (Wildman–Crippen LogP) is 3.04. The Morgan fingerprint density at radius 1 is 1.33 bits per heavy atom. The topological polar surface area (TPSA) is 54.0 Å². The monoisotopic (exact) mass is 261 g/mol. The van der Waals surface area contributed by atoms with Crippen LogP contribution in [0.25, 0.3) is 11.1 Å². The second kappa shape index (κ2) is 5.07. The highest BCUT2D eigenvalue weighted by molar-refractivity contribution is 7.98. The maximum absolute atomic E-state index is 13.7. The lowest BCUT2D eigenvalue weighted by Gasteiger charge is -2.08. The van der Waals surface area contributed by atoms with Crippen molar-refractivity contribution < 1.29 is 8.81 Å². The van der Waals surface area contributed by atoms with Crippen molar-refractivity contribution in [3.05, 3.63) is 52.3 Å². The number of benzene rings is 1. The number of hydrogen-bond acceptors (Lipinski definition) is 4. The fraction of sp³-hybridized carbons (Fsp3) is 0.0769. The van der Waals surface area contributed by atoms with E-state index in [2.05, 4.69) is 0 Å². The standard InChI is InChI=1S/C13H8FNO2S/c1-18-12-9(6-15)13(16)17-7-10(12)8-4-2-3-5-11(8)14/h2-5,7H,1H3. The average molecular weight is 261 g/mol. The van der Waals surface area contributed by atoms with E-state index in [1.54, 1.807) is 30.5 Å². The van der Waals surface area contributed by atoms with Gasteiger partial charge in [-0.2, -0.15) is 5.26 Å². The van der Waals surface area contributed by atoms with E-state index in [1.165, 1.54) is 24.1 Å². The lowest BCUT2D eigenvalue weighted by Crippen LogP contribution is -2.06. The highest BCUT2D eigenvalue weighted by atomic mass is 32.2. The molecule has 0 aliphatic rings. The summed E-state index contributed by atoms with van der Waals surface area (Å²) in [6.07, 6.45) is 2.91. The molecule has 1 heterocycles. The Kier molecular flexibility index (Phi) is 3.49. The van der Waals surface area contributed by atoms with Gasteiger partial charge in [0, 0.05) is 16.0 Å². The molecule has 0 fully saturated rings. The van der Waals surface area contributed by atoms with Crippen LogP contribution in [0.5, 0.6) is 0 Å². The minimum Gasteiger partial charge on any atom is -0.430 e. The molecule has 2 aromatic rings. The van der Waals surface area contributed by atoms with E-state index < -0.39 is 11.4 Å². The number of nitriles is 1. The zero-order valence-electron chi connectivity index (χ0n) is 9.44. The van der Waals surface area contributed by atoms with Crippen molar-refractivity contribution in [3.63, 3.8) is 0 Å². The van der Waals surface area contributed by atoms with Gasteiger partial charge in [0.15, 0.2) is 5.56 Å². The average Bonchev–Trinajstić information content (AvgIpc) is 2.39. The molecule has 5 heteroatoms. The van der Waals surface area contributed by atoms with E-state index in [0.29, 0.717) is 16.0 Å². The first-order valence-electron chi connectivity index (χ1n) is 5.03. The third kappa shape index (κ3) is 2.03. The van der Waals surface area contributed by atoms with Crippen LogP contribution in [0.2, 0.25) is 0 Å². The zero-order valence-corrected chi connectivity index (χ0v) is 10.3. The fourth-order valence-electron chi connectivity index (χ4n) is 1.63. The van der Waals surface area contributed by atoms with Crippen LogP contribution in [0.1, 0.15) is 5.56 Å². The Morgan fingerprint density at radius 3 is 2.67 bits per heavy atom. The van der Waals surface area contributed by atoms with Gasteiger partial charge in [-0.15, -0.1) is 11.8 Å². The Labute approximate surface area is 107 Å². The Bertz CT molecular complexity index is 688. The number of rotatable bonds is 2. The minimum atomic E-state index is -0.707. The molecule has 0 aliphatic carbocycles. The van der Waals surface area contributed by atoms with E-state index in [1.807, 2.05) is 0 Å². The maximum Gasteiger partial charge on any atom is 0.354 e. The van der Waals surface area contributed by atoms with Gasteiger partial charge in [0.1, 0.15) is 18.1 Å². The van der Waals surface area contributed by atoms with E-state index in [9.17, 15) is 9.18 Å². The molecule has 0 bridgehead atoms. The molecule has 2 rings (SSSR count). The molecule has 0 N–H and O–H groups in total. The molecule has 0 atom stereocenters. The Morgan fingerprint density at radius 2 is 2.06 bits per heavy atom. The summed E-state index contributed by atoms with van der Waals surface area (Å²) in [6.45, 7) is 0. The van der Waals surface area contributed by atoms with Gasteiger partial charge in [-0.3, -0.25) is 0 Å². The van der Waals surface area contributed by atoms with Crippen LogP contribution >= 0.6 is 11.8 Å². The summed E-state index contributed by atoms with van der Waals surface area (Å²) in [7, 11) is 0. The molecule has 1 aromatic heterocycles.